The van der Waals surface area contributed by atoms with Crippen LogP contribution in [0.25, 0.3) is 22.1 Å². The van der Waals surface area contributed by atoms with E-state index in [0.717, 1.165) is 47.7 Å². The number of para-hydroxylation sites is 4. The van der Waals surface area contributed by atoms with Crippen molar-refractivity contribution in [3.8, 4) is 0 Å². The average molecular weight is 305 g/mol. The summed E-state index contributed by atoms with van der Waals surface area (Å²) in [5.41, 5.74) is 4.30. The Balaban J connectivity index is 1.38. The number of imidazole rings is 2. The predicted molar refractivity (Wildman–Crippen MR) is 93.6 cm³/mol. The second-order valence-electron chi connectivity index (χ2n) is 5.71. The predicted octanol–water partition coefficient (Wildman–Crippen LogP) is 3.49. The molecule has 0 fully saturated rings. The summed E-state index contributed by atoms with van der Waals surface area (Å²) in [7, 11) is 2.08. The van der Waals surface area contributed by atoms with Crippen LogP contribution in [0.4, 0.5) is 5.95 Å². The van der Waals surface area contributed by atoms with Crippen LogP contribution in [-0.2, 0) is 13.5 Å². The van der Waals surface area contributed by atoms with Gasteiger partial charge in [-0.15, -0.1) is 0 Å². The van der Waals surface area contributed by atoms with Crippen molar-refractivity contribution >= 4 is 28.0 Å². The highest BCUT2D eigenvalue weighted by atomic mass is 15.1. The Hall–Kier alpha value is -2.82. The molecule has 0 unspecified atom stereocenters. The van der Waals surface area contributed by atoms with E-state index in [1.54, 1.807) is 0 Å². The van der Waals surface area contributed by atoms with Crippen molar-refractivity contribution in [2.75, 3.05) is 11.9 Å². The molecule has 0 aliphatic rings. The summed E-state index contributed by atoms with van der Waals surface area (Å²) in [4.78, 5) is 12.5. The van der Waals surface area contributed by atoms with E-state index in [9.17, 15) is 0 Å². The van der Waals surface area contributed by atoms with Crippen molar-refractivity contribution in [2.45, 2.75) is 12.8 Å². The first kappa shape index (κ1) is 13.8. The zero-order chi connectivity index (χ0) is 15.6. The highest BCUT2D eigenvalue weighted by Gasteiger charge is 2.07. The number of aromatic nitrogens is 4. The lowest BCUT2D eigenvalue weighted by atomic mass is 10.3. The Morgan fingerprint density at radius 3 is 2.61 bits per heavy atom. The molecule has 0 amide bonds. The quantitative estimate of drug-likeness (QED) is 0.555. The number of aromatic amines is 1. The Bertz CT molecular complexity index is 917. The first-order valence-electron chi connectivity index (χ1n) is 7.90. The molecule has 0 saturated carbocycles. The van der Waals surface area contributed by atoms with E-state index in [-0.39, 0.29) is 0 Å². The molecule has 5 nitrogen and oxygen atoms in total. The van der Waals surface area contributed by atoms with Crippen molar-refractivity contribution in [1.82, 2.24) is 19.5 Å². The number of anilines is 1. The van der Waals surface area contributed by atoms with Gasteiger partial charge in [0, 0.05) is 20.0 Å². The van der Waals surface area contributed by atoms with Crippen LogP contribution in [0.3, 0.4) is 0 Å². The smallest absolute Gasteiger partial charge is 0.201 e. The van der Waals surface area contributed by atoms with Crippen molar-refractivity contribution in [3.05, 3.63) is 54.4 Å². The lowest BCUT2D eigenvalue weighted by Crippen LogP contribution is -2.06. The highest BCUT2D eigenvalue weighted by Crippen LogP contribution is 2.16. The van der Waals surface area contributed by atoms with Gasteiger partial charge in [-0.2, -0.15) is 0 Å². The Labute approximate surface area is 134 Å². The van der Waals surface area contributed by atoms with Crippen molar-refractivity contribution in [3.63, 3.8) is 0 Å². The second kappa shape index (κ2) is 5.76. The normalized spacial score (nSPS) is 11.3. The molecule has 0 aliphatic carbocycles. The van der Waals surface area contributed by atoms with Crippen LogP contribution in [0.2, 0.25) is 0 Å². The van der Waals surface area contributed by atoms with E-state index in [1.807, 2.05) is 30.3 Å². The maximum atomic E-state index is 4.70. The van der Waals surface area contributed by atoms with Gasteiger partial charge in [-0.1, -0.05) is 24.3 Å². The number of nitrogens with zero attached hydrogens (tertiary/aromatic N) is 3. The maximum Gasteiger partial charge on any atom is 0.201 e. The average Bonchev–Trinajstić information content (AvgIpc) is 3.13. The number of aryl methyl sites for hydroxylation is 2. The number of rotatable bonds is 5. The fraction of sp³-hybridized carbons (Fsp3) is 0.222. The van der Waals surface area contributed by atoms with Gasteiger partial charge in [0.25, 0.3) is 0 Å². The van der Waals surface area contributed by atoms with Crippen LogP contribution in [0.1, 0.15) is 12.2 Å². The second-order valence-corrected chi connectivity index (χ2v) is 5.71. The molecule has 5 heteroatoms. The lowest BCUT2D eigenvalue weighted by Gasteiger charge is -2.04. The molecule has 2 heterocycles. The van der Waals surface area contributed by atoms with E-state index in [4.69, 9.17) is 4.98 Å². The first-order valence-corrected chi connectivity index (χ1v) is 7.90. The van der Waals surface area contributed by atoms with Crippen LogP contribution in [0, 0.1) is 0 Å². The molecular weight excluding hydrogens is 286 g/mol. The van der Waals surface area contributed by atoms with Crippen LogP contribution < -0.4 is 5.32 Å². The molecule has 0 spiro atoms. The molecule has 4 aromatic rings. The Kier molecular flexibility index (Phi) is 3.46. The van der Waals surface area contributed by atoms with Gasteiger partial charge >= 0.3 is 0 Å². The number of fused-ring (bicyclic) bond motifs is 2. The third-order valence-corrected chi connectivity index (χ3v) is 4.14. The van der Waals surface area contributed by atoms with Crippen molar-refractivity contribution in [2.24, 2.45) is 7.05 Å². The molecule has 23 heavy (non-hydrogen) atoms. The van der Waals surface area contributed by atoms with Crippen LogP contribution in [0.5, 0.6) is 0 Å². The van der Waals surface area contributed by atoms with Crippen LogP contribution in [0.15, 0.2) is 48.5 Å². The minimum atomic E-state index is 0.830. The molecule has 116 valence electrons. The van der Waals surface area contributed by atoms with Gasteiger partial charge in [0.1, 0.15) is 5.82 Å². The third-order valence-electron chi connectivity index (χ3n) is 4.14. The summed E-state index contributed by atoms with van der Waals surface area (Å²) >= 11 is 0. The zero-order valence-corrected chi connectivity index (χ0v) is 13.1. The number of H-pyrrole nitrogens is 1. The van der Waals surface area contributed by atoms with Gasteiger partial charge in [0.15, 0.2) is 0 Å². The van der Waals surface area contributed by atoms with Gasteiger partial charge in [-0.05, 0) is 30.7 Å². The molecule has 2 aromatic heterocycles. The minimum Gasteiger partial charge on any atom is -0.356 e. The van der Waals surface area contributed by atoms with Gasteiger partial charge in [0.05, 0.1) is 22.1 Å². The van der Waals surface area contributed by atoms with E-state index >= 15 is 0 Å². The van der Waals surface area contributed by atoms with E-state index < -0.39 is 0 Å². The maximum absolute atomic E-state index is 4.70. The summed E-state index contributed by atoms with van der Waals surface area (Å²) < 4.78 is 2.18. The van der Waals surface area contributed by atoms with Gasteiger partial charge in [-0.25, -0.2) is 9.97 Å². The molecule has 0 atom stereocenters. The zero-order valence-electron chi connectivity index (χ0n) is 13.1. The SMILES string of the molecule is Cn1c(CCCNc2nc3ccccc3[nH]2)nc2ccccc21. The van der Waals surface area contributed by atoms with E-state index in [2.05, 4.69) is 45.1 Å². The highest BCUT2D eigenvalue weighted by molar-refractivity contribution is 5.77. The molecule has 0 saturated heterocycles. The summed E-state index contributed by atoms with van der Waals surface area (Å²) in [6.45, 7) is 0.864. The fourth-order valence-electron chi connectivity index (χ4n) is 2.91. The monoisotopic (exact) mass is 305 g/mol. The molecule has 0 aliphatic heterocycles. The Morgan fingerprint density at radius 1 is 1.00 bits per heavy atom. The molecule has 2 aromatic carbocycles. The number of hydrogen-bond acceptors (Lipinski definition) is 3. The third kappa shape index (κ3) is 2.65. The molecule has 4 rings (SSSR count). The molecule has 0 bridgehead atoms. The van der Waals surface area contributed by atoms with Gasteiger partial charge in [0.2, 0.25) is 5.95 Å². The minimum absolute atomic E-state index is 0.830. The van der Waals surface area contributed by atoms with Crippen LogP contribution >= 0.6 is 0 Å². The number of nitrogens with one attached hydrogen (secondary N) is 2. The van der Waals surface area contributed by atoms with Crippen molar-refractivity contribution < 1.29 is 0 Å². The molecular formula is C18H19N5. The first-order chi connectivity index (χ1) is 11.3. The summed E-state index contributed by atoms with van der Waals surface area (Å²) in [6.07, 6.45) is 1.95. The summed E-state index contributed by atoms with van der Waals surface area (Å²) in [5.74, 6) is 1.95. The Morgan fingerprint density at radius 2 is 1.78 bits per heavy atom. The lowest BCUT2D eigenvalue weighted by molar-refractivity contribution is 0.751. The van der Waals surface area contributed by atoms with Crippen molar-refractivity contribution in [1.29, 1.82) is 0 Å². The standard InChI is InChI=1S/C18H19N5/c1-23-16-10-5-4-9-15(16)20-17(23)11-6-12-19-18-21-13-7-2-3-8-14(13)22-18/h2-5,7-10H,6,11-12H2,1H3,(H2,19,21,22). The van der Waals surface area contributed by atoms with E-state index in [1.165, 1.54) is 5.52 Å². The number of hydrogen-bond donors (Lipinski definition) is 2. The van der Waals surface area contributed by atoms with Gasteiger partial charge in [-0.3, -0.25) is 0 Å². The van der Waals surface area contributed by atoms with Gasteiger partial charge < -0.3 is 14.9 Å². The summed E-state index contributed by atoms with van der Waals surface area (Å²) in [6, 6.07) is 16.3. The molecule has 2 N–H and O–H groups in total. The fourth-order valence-corrected chi connectivity index (χ4v) is 2.91. The summed E-state index contributed by atoms with van der Waals surface area (Å²) in [5, 5.41) is 3.35. The largest absolute Gasteiger partial charge is 0.356 e. The topological polar surface area (TPSA) is 58.5 Å². The number of benzene rings is 2. The van der Waals surface area contributed by atoms with Crippen LogP contribution in [-0.4, -0.2) is 26.1 Å². The molecule has 0 radical (unpaired) electrons. The van der Waals surface area contributed by atoms with E-state index in [0.29, 0.717) is 0 Å².